The van der Waals surface area contributed by atoms with Crippen molar-refractivity contribution < 1.29 is 47.6 Å². The minimum atomic E-state index is -1.64. The summed E-state index contributed by atoms with van der Waals surface area (Å²) in [5.74, 6) is -3.61. The molecule has 1 aromatic rings. The zero-order valence-corrected chi connectivity index (χ0v) is 36.3. The summed E-state index contributed by atoms with van der Waals surface area (Å²) < 4.78 is 38.0. The van der Waals surface area contributed by atoms with Crippen LogP contribution in [-0.4, -0.2) is 128 Å². The summed E-state index contributed by atoms with van der Waals surface area (Å²) >= 11 is 0. The minimum absolute atomic E-state index is 0.0460. The molecule has 0 spiro atoms. The van der Waals surface area contributed by atoms with Crippen LogP contribution >= 0.6 is 0 Å². The number of carbonyl (C=O) groups is 4. The number of cyclic esters (lactones) is 1. The highest BCUT2D eigenvalue weighted by Gasteiger charge is 2.62. The molecular weight excluding hydrogens is 718 g/mol. The van der Waals surface area contributed by atoms with Gasteiger partial charge in [0.25, 0.3) is 0 Å². The maximum absolute atomic E-state index is 14.8. The van der Waals surface area contributed by atoms with Crippen LogP contribution in [0.2, 0.25) is 0 Å². The van der Waals surface area contributed by atoms with Crippen LogP contribution in [0.25, 0.3) is 0 Å². The van der Waals surface area contributed by atoms with E-state index in [-0.39, 0.29) is 30.8 Å². The van der Waals surface area contributed by atoms with E-state index in [0.29, 0.717) is 19.5 Å². The average Bonchev–Trinajstić information content (AvgIpc) is 3.44. The molecule has 0 radical (unpaired) electrons. The number of esters is 1. The third-order valence-electron chi connectivity index (χ3n) is 12.7. The highest BCUT2D eigenvalue weighted by molar-refractivity contribution is 6.04. The Balaban J connectivity index is 1.79. The van der Waals surface area contributed by atoms with E-state index in [1.165, 1.54) is 7.11 Å². The average molecular weight is 788 g/mol. The van der Waals surface area contributed by atoms with E-state index >= 15 is 0 Å². The van der Waals surface area contributed by atoms with Crippen molar-refractivity contribution in [2.24, 2.45) is 23.2 Å². The molecule has 0 aromatic heterocycles. The molecule has 3 saturated heterocycles. The summed E-state index contributed by atoms with van der Waals surface area (Å²) in [4.78, 5) is 61.5. The number of carbonyl (C=O) groups excluding carboxylic acids is 4. The van der Waals surface area contributed by atoms with E-state index in [1.807, 2.05) is 86.0 Å². The van der Waals surface area contributed by atoms with Crippen molar-refractivity contribution in [3.8, 4) is 0 Å². The predicted molar refractivity (Wildman–Crippen MR) is 212 cm³/mol. The van der Waals surface area contributed by atoms with Gasteiger partial charge in [-0.1, -0.05) is 58.0 Å². The van der Waals surface area contributed by atoms with Gasteiger partial charge in [-0.05, 0) is 80.5 Å². The molecule has 3 fully saturated rings. The molecule has 3 aliphatic heterocycles. The first kappa shape index (κ1) is 45.8. The number of rotatable bonds is 11. The number of benzene rings is 1. The summed E-state index contributed by atoms with van der Waals surface area (Å²) in [6.45, 7) is 18.8. The van der Waals surface area contributed by atoms with Gasteiger partial charge in [0.15, 0.2) is 17.7 Å². The Bertz CT molecular complexity index is 1520. The number of likely N-dealkylation sites (N-methyl/N-ethyl adjacent to an activating group) is 1. The van der Waals surface area contributed by atoms with Gasteiger partial charge < -0.3 is 38.6 Å². The Morgan fingerprint density at radius 1 is 0.982 bits per heavy atom. The number of nitrogens with zero attached hydrogens (tertiary/aromatic N) is 2. The van der Waals surface area contributed by atoms with E-state index in [4.69, 9.17) is 28.4 Å². The second kappa shape index (κ2) is 18.3. The number of ketones is 2. The first-order chi connectivity index (χ1) is 26.2. The van der Waals surface area contributed by atoms with Gasteiger partial charge in [0.1, 0.15) is 23.4 Å². The number of methoxy groups -OCH3 is 2. The van der Waals surface area contributed by atoms with Gasteiger partial charge in [0.05, 0.1) is 23.9 Å². The normalized spacial score (nSPS) is 37.8. The molecule has 3 aliphatic rings. The van der Waals surface area contributed by atoms with Crippen LogP contribution in [0.5, 0.6) is 0 Å². The molecule has 0 saturated carbocycles. The first-order valence-corrected chi connectivity index (χ1v) is 20.3. The van der Waals surface area contributed by atoms with Crippen LogP contribution in [0, 0.1) is 23.2 Å². The highest BCUT2D eigenvalue weighted by atomic mass is 16.7. The van der Waals surface area contributed by atoms with Crippen molar-refractivity contribution in [2.45, 2.75) is 155 Å². The molecule has 13 atom stereocenters. The molecule has 316 valence electrons. The Kier molecular flexibility index (Phi) is 15.0. The van der Waals surface area contributed by atoms with E-state index < -0.39 is 88.9 Å². The first-order valence-electron chi connectivity index (χ1n) is 20.3. The Morgan fingerprint density at radius 2 is 1.62 bits per heavy atom. The van der Waals surface area contributed by atoms with E-state index in [1.54, 1.807) is 39.7 Å². The Morgan fingerprint density at radius 3 is 2.20 bits per heavy atom. The summed E-state index contributed by atoms with van der Waals surface area (Å²) in [5, 5.41) is 3.44. The van der Waals surface area contributed by atoms with Gasteiger partial charge in [0.2, 0.25) is 0 Å². The van der Waals surface area contributed by atoms with Crippen LogP contribution in [-0.2, 0) is 49.3 Å². The lowest BCUT2D eigenvalue weighted by Gasteiger charge is -2.48. The highest BCUT2D eigenvalue weighted by Crippen LogP contribution is 2.44. The molecule has 13 heteroatoms. The summed E-state index contributed by atoms with van der Waals surface area (Å²) in [7, 11) is 7.09. The summed E-state index contributed by atoms with van der Waals surface area (Å²) in [6.07, 6.45) is -2.97. The molecule has 56 heavy (non-hydrogen) atoms. The number of fused-ring (bicyclic) bond motifs is 1. The Hall–Kier alpha value is -2.94. The molecule has 0 aliphatic carbocycles. The third kappa shape index (κ3) is 9.18. The third-order valence-corrected chi connectivity index (χ3v) is 12.7. The summed E-state index contributed by atoms with van der Waals surface area (Å²) in [5.41, 5.74) is -3.19. The predicted octanol–water partition coefficient (Wildman–Crippen LogP) is 5.41. The molecule has 3 heterocycles. The van der Waals surface area contributed by atoms with Gasteiger partial charge in [-0.15, -0.1) is 0 Å². The maximum Gasteiger partial charge on any atom is 0.411 e. The molecule has 0 bridgehead atoms. The minimum Gasteiger partial charge on any atom is -0.457 e. The standard InChI is InChI=1S/C43H69N3O10/c1-15-32-43(10)35(46(40(50)56-43)26(3)23-44-24-30-19-17-16-18-20-30)28(5)33(47)25(2)22-42(9,52-14)37(29(6)36(48)41(7,8)39(49)54-32)55-38-34(51-13)31(45(11)12)21-27(4)53-38/h16-20,25-29,31-32,34-35,37-38,44H,15,21-24H2,1-14H3/t25-,26?,27?,28?,29+,31?,32-,34-,35?,37-,38?,42-,43-/m1/s1. The Labute approximate surface area is 334 Å². The van der Waals surface area contributed by atoms with Crippen molar-refractivity contribution in [3.63, 3.8) is 0 Å². The van der Waals surface area contributed by atoms with Gasteiger partial charge in [-0.25, -0.2) is 4.79 Å². The largest absolute Gasteiger partial charge is 0.457 e. The van der Waals surface area contributed by atoms with Crippen LogP contribution in [0.4, 0.5) is 4.79 Å². The molecule has 1 aromatic carbocycles. The van der Waals surface area contributed by atoms with Crippen molar-refractivity contribution in [3.05, 3.63) is 35.9 Å². The number of hydrogen-bond donors (Lipinski definition) is 1. The maximum atomic E-state index is 14.8. The number of amides is 1. The zero-order valence-electron chi connectivity index (χ0n) is 36.3. The van der Waals surface area contributed by atoms with Gasteiger partial charge in [-0.2, -0.15) is 0 Å². The second-order valence-electron chi connectivity index (χ2n) is 17.6. The smallest absolute Gasteiger partial charge is 0.411 e. The number of Topliss-reactive ketones (excluding diaryl/α,β-unsaturated/α-hetero) is 2. The van der Waals surface area contributed by atoms with Crippen molar-refractivity contribution in [2.75, 3.05) is 34.9 Å². The molecule has 13 nitrogen and oxygen atoms in total. The topological polar surface area (TPSA) is 142 Å². The fraction of sp³-hybridized carbons (Fsp3) is 0.767. The molecule has 6 unspecified atom stereocenters. The van der Waals surface area contributed by atoms with Crippen LogP contribution in [0.3, 0.4) is 0 Å². The fourth-order valence-corrected chi connectivity index (χ4v) is 9.41. The lowest BCUT2D eigenvalue weighted by atomic mass is 9.71. The molecule has 4 rings (SSSR count). The molecule has 1 N–H and O–H groups in total. The molecular formula is C43H69N3O10. The number of hydrogen-bond acceptors (Lipinski definition) is 12. The number of ether oxygens (including phenoxy) is 6. The van der Waals surface area contributed by atoms with Crippen LogP contribution in [0.1, 0.15) is 94.1 Å². The van der Waals surface area contributed by atoms with Gasteiger partial charge >= 0.3 is 12.1 Å². The second-order valence-corrected chi connectivity index (χ2v) is 17.6. The van der Waals surface area contributed by atoms with Crippen molar-refractivity contribution >= 4 is 23.6 Å². The van der Waals surface area contributed by atoms with E-state index in [0.717, 1.165) is 5.56 Å². The van der Waals surface area contributed by atoms with Crippen molar-refractivity contribution in [1.29, 1.82) is 0 Å². The van der Waals surface area contributed by atoms with Crippen molar-refractivity contribution in [1.82, 2.24) is 15.1 Å². The van der Waals surface area contributed by atoms with Crippen LogP contribution in [0.15, 0.2) is 30.3 Å². The van der Waals surface area contributed by atoms with Crippen LogP contribution < -0.4 is 5.32 Å². The lowest BCUT2D eigenvalue weighted by Crippen LogP contribution is -2.62. The van der Waals surface area contributed by atoms with Gasteiger partial charge in [0, 0.05) is 57.1 Å². The SMILES string of the molecule is CC[C@H]1OC(=O)C(C)(C)C(=O)[C@H](C)[C@@H](OC2OC(C)CC(N(C)C)[C@H]2OC)[C@](C)(OC)C[C@@H](C)C(=O)C(C)C2N(C(C)CNCc3ccccc3)C(=O)O[C@@]21C. The van der Waals surface area contributed by atoms with E-state index in [2.05, 4.69) is 10.2 Å². The van der Waals surface area contributed by atoms with E-state index in [9.17, 15) is 19.2 Å². The summed E-state index contributed by atoms with van der Waals surface area (Å²) in [6, 6.07) is 8.70. The number of nitrogens with one attached hydrogen (secondary N) is 1. The zero-order chi connectivity index (χ0) is 41.9. The quantitative estimate of drug-likeness (QED) is 0.226. The molecule has 1 amide bonds. The van der Waals surface area contributed by atoms with Gasteiger partial charge in [-0.3, -0.25) is 19.3 Å². The fourth-order valence-electron chi connectivity index (χ4n) is 9.41. The lowest BCUT2D eigenvalue weighted by molar-refractivity contribution is -0.299. The monoisotopic (exact) mass is 787 g/mol.